The number of ketones is 1. The van der Waals surface area contributed by atoms with E-state index in [0.717, 1.165) is 5.56 Å². The van der Waals surface area contributed by atoms with Crippen molar-refractivity contribution in [2.75, 3.05) is 7.11 Å². The summed E-state index contributed by atoms with van der Waals surface area (Å²) in [5, 5.41) is 10.7. The Balaban J connectivity index is 1.65. The number of Topliss-reactive ketones (excluding diaryl/α,β-unsaturated/α-hetero) is 1. The van der Waals surface area contributed by atoms with Crippen LogP contribution in [0.2, 0.25) is 0 Å². The zero-order valence-corrected chi connectivity index (χ0v) is 18.1. The molecule has 33 heavy (non-hydrogen) atoms. The number of carbonyl (C=O) groups excluding carboxylic acids is 2. The summed E-state index contributed by atoms with van der Waals surface area (Å²) in [6.45, 7) is 1.65. The number of nitrogens with zero attached hydrogens (tertiary/aromatic N) is 2. The van der Waals surface area contributed by atoms with Crippen molar-refractivity contribution in [2.24, 2.45) is 0 Å². The molecule has 1 amide bonds. The van der Waals surface area contributed by atoms with Gasteiger partial charge in [-0.05, 0) is 54.5 Å². The molecule has 8 heteroatoms. The second-order valence-corrected chi connectivity index (χ2v) is 7.35. The van der Waals surface area contributed by atoms with Crippen molar-refractivity contribution < 1.29 is 18.7 Å². The highest BCUT2D eigenvalue weighted by Crippen LogP contribution is 2.32. The number of methoxy groups -OCH3 is 1. The molecule has 0 saturated carbocycles. The summed E-state index contributed by atoms with van der Waals surface area (Å²) in [5.41, 5.74) is 3.15. The van der Waals surface area contributed by atoms with Gasteiger partial charge in [-0.2, -0.15) is 5.10 Å². The molecular weight excluding hydrogens is 423 g/mol. The van der Waals surface area contributed by atoms with Crippen LogP contribution >= 0.6 is 0 Å². The van der Waals surface area contributed by atoms with Gasteiger partial charge in [-0.25, -0.2) is 4.39 Å². The lowest BCUT2D eigenvalue weighted by atomic mass is 10.0. The number of ether oxygens (including phenoxy) is 1. The molecule has 7 nitrogen and oxygen atoms in total. The smallest absolute Gasteiger partial charge is 0.255 e. The summed E-state index contributed by atoms with van der Waals surface area (Å²) in [6, 6.07) is 11.4. The third kappa shape index (κ3) is 4.64. The van der Waals surface area contributed by atoms with Gasteiger partial charge in [0.2, 0.25) is 0 Å². The first-order chi connectivity index (χ1) is 16.0. The van der Waals surface area contributed by atoms with E-state index in [2.05, 4.69) is 20.5 Å². The van der Waals surface area contributed by atoms with Crippen LogP contribution in [0.1, 0.15) is 44.5 Å². The van der Waals surface area contributed by atoms with Crippen LogP contribution in [0.15, 0.2) is 54.9 Å². The first-order valence-electron chi connectivity index (χ1n) is 10.2. The number of H-pyrrole nitrogens is 1. The normalized spacial score (nSPS) is 11.1. The van der Waals surface area contributed by atoms with Crippen molar-refractivity contribution >= 4 is 34.7 Å². The molecular formula is C25H21FN4O3. The molecule has 0 atom stereocenters. The number of hydrogen-bond acceptors (Lipinski definition) is 5. The molecule has 0 aliphatic rings. The van der Waals surface area contributed by atoms with Crippen molar-refractivity contribution in [1.29, 1.82) is 0 Å². The van der Waals surface area contributed by atoms with E-state index < -0.39 is 5.82 Å². The minimum Gasteiger partial charge on any atom is -0.495 e. The minimum atomic E-state index is -0.560. The van der Waals surface area contributed by atoms with Crippen LogP contribution in [-0.2, 0) is 6.54 Å². The van der Waals surface area contributed by atoms with Gasteiger partial charge in [0.15, 0.2) is 5.78 Å². The molecule has 2 heterocycles. The van der Waals surface area contributed by atoms with Crippen molar-refractivity contribution in [3.8, 4) is 5.75 Å². The number of amides is 1. The zero-order valence-electron chi connectivity index (χ0n) is 18.1. The Morgan fingerprint density at radius 1 is 1.15 bits per heavy atom. The molecule has 2 aromatic heterocycles. The lowest BCUT2D eigenvalue weighted by Gasteiger charge is -2.11. The number of pyridine rings is 1. The number of fused-ring (bicyclic) bond motifs is 1. The molecule has 2 aromatic carbocycles. The van der Waals surface area contributed by atoms with Crippen molar-refractivity contribution in [1.82, 2.24) is 20.5 Å². The molecule has 4 rings (SSSR count). The fraction of sp³-hybridized carbons (Fsp3) is 0.120. The summed E-state index contributed by atoms with van der Waals surface area (Å²) in [6.07, 6.45) is 6.83. The SMILES string of the molecule is COc1c(C(=O)NCc2cccnc2)ccc2n[nH]c(/C=C/c3ccc(F)c(C(C)=O)c3)c12. The second kappa shape index (κ2) is 9.44. The number of aromatic amines is 1. The van der Waals surface area contributed by atoms with Gasteiger partial charge in [0.1, 0.15) is 11.6 Å². The molecule has 0 aliphatic carbocycles. The summed E-state index contributed by atoms with van der Waals surface area (Å²) < 4.78 is 19.4. The van der Waals surface area contributed by atoms with Gasteiger partial charge in [-0.1, -0.05) is 18.2 Å². The van der Waals surface area contributed by atoms with Gasteiger partial charge in [-0.15, -0.1) is 0 Å². The van der Waals surface area contributed by atoms with Gasteiger partial charge < -0.3 is 10.1 Å². The predicted octanol–water partition coefficient (Wildman–Crippen LogP) is 4.41. The Labute approximate surface area is 189 Å². The average Bonchev–Trinajstić information content (AvgIpc) is 3.25. The third-order valence-corrected chi connectivity index (χ3v) is 5.14. The molecule has 0 fully saturated rings. The van der Waals surface area contributed by atoms with Gasteiger partial charge in [-0.3, -0.25) is 19.7 Å². The van der Waals surface area contributed by atoms with E-state index in [1.165, 1.54) is 26.2 Å². The van der Waals surface area contributed by atoms with E-state index in [1.807, 2.05) is 6.07 Å². The number of carbonyl (C=O) groups is 2. The van der Waals surface area contributed by atoms with Gasteiger partial charge in [0.25, 0.3) is 5.91 Å². The Morgan fingerprint density at radius 2 is 2.00 bits per heavy atom. The first kappa shape index (κ1) is 21.9. The highest BCUT2D eigenvalue weighted by molar-refractivity contribution is 6.05. The standard InChI is InChI=1S/C25H21FN4O3/c1-15(31)19-12-16(5-8-20(19)26)6-9-21-23-22(30-29-21)10-7-18(24(23)33-2)25(32)28-14-17-4-3-11-27-13-17/h3-13H,14H2,1-2H3,(H,28,32)(H,29,30)/b9-6+. The number of benzene rings is 2. The molecule has 166 valence electrons. The van der Waals surface area contributed by atoms with Crippen LogP contribution in [0.25, 0.3) is 23.1 Å². The fourth-order valence-corrected chi connectivity index (χ4v) is 3.49. The van der Waals surface area contributed by atoms with Crippen molar-refractivity contribution in [3.05, 3.63) is 88.6 Å². The molecule has 2 N–H and O–H groups in total. The molecule has 0 unspecified atom stereocenters. The van der Waals surface area contributed by atoms with Crippen molar-refractivity contribution in [3.63, 3.8) is 0 Å². The first-order valence-corrected chi connectivity index (χ1v) is 10.2. The van der Waals surface area contributed by atoms with E-state index in [-0.39, 0.29) is 17.3 Å². The summed E-state index contributed by atoms with van der Waals surface area (Å²) >= 11 is 0. The Hall–Kier alpha value is -4.33. The Morgan fingerprint density at radius 3 is 2.73 bits per heavy atom. The number of rotatable bonds is 7. The van der Waals surface area contributed by atoms with Gasteiger partial charge >= 0.3 is 0 Å². The second-order valence-electron chi connectivity index (χ2n) is 7.35. The topological polar surface area (TPSA) is 97.0 Å². The predicted molar refractivity (Wildman–Crippen MR) is 123 cm³/mol. The van der Waals surface area contributed by atoms with Crippen molar-refractivity contribution in [2.45, 2.75) is 13.5 Å². The Bertz CT molecular complexity index is 1360. The highest BCUT2D eigenvalue weighted by atomic mass is 19.1. The van der Waals surface area contributed by atoms with Gasteiger partial charge in [0, 0.05) is 18.9 Å². The lowest BCUT2D eigenvalue weighted by Crippen LogP contribution is -2.23. The lowest BCUT2D eigenvalue weighted by molar-refractivity contribution is 0.0947. The monoisotopic (exact) mass is 444 g/mol. The maximum Gasteiger partial charge on any atom is 0.255 e. The highest BCUT2D eigenvalue weighted by Gasteiger charge is 2.19. The average molecular weight is 444 g/mol. The molecule has 0 radical (unpaired) electrons. The quantitative estimate of drug-likeness (QED) is 0.412. The number of nitrogens with one attached hydrogen (secondary N) is 2. The van der Waals surface area contributed by atoms with E-state index in [1.54, 1.807) is 48.8 Å². The Kier molecular flexibility index (Phi) is 6.26. The fourth-order valence-electron chi connectivity index (χ4n) is 3.49. The maximum absolute atomic E-state index is 13.8. The number of hydrogen-bond donors (Lipinski definition) is 2. The third-order valence-electron chi connectivity index (χ3n) is 5.14. The summed E-state index contributed by atoms with van der Waals surface area (Å²) in [5.74, 6) is -0.819. The number of aromatic nitrogens is 3. The molecule has 0 bridgehead atoms. The van der Waals surface area contributed by atoms with E-state index in [0.29, 0.717) is 40.0 Å². The van der Waals surface area contributed by atoms with Crippen LogP contribution in [-0.4, -0.2) is 34.0 Å². The largest absolute Gasteiger partial charge is 0.495 e. The summed E-state index contributed by atoms with van der Waals surface area (Å²) in [7, 11) is 1.49. The van der Waals surface area contributed by atoms with E-state index in [9.17, 15) is 14.0 Å². The van der Waals surface area contributed by atoms with Crippen LogP contribution in [0.5, 0.6) is 5.75 Å². The van der Waals surface area contributed by atoms with Crippen LogP contribution in [0, 0.1) is 5.82 Å². The minimum absolute atomic E-state index is 0.0248. The van der Waals surface area contributed by atoms with E-state index in [4.69, 9.17) is 4.74 Å². The number of halogens is 1. The molecule has 0 aliphatic heterocycles. The summed E-state index contributed by atoms with van der Waals surface area (Å²) in [4.78, 5) is 28.5. The zero-order chi connectivity index (χ0) is 23.4. The molecule has 4 aromatic rings. The molecule has 0 spiro atoms. The van der Waals surface area contributed by atoms with Crippen LogP contribution in [0.3, 0.4) is 0 Å². The molecule has 0 saturated heterocycles. The maximum atomic E-state index is 13.8. The van der Waals surface area contributed by atoms with E-state index >= 15 is 0 Å². The van der Waals surface area contributed by atoms with Crippen LogP contribution < -0.4 is 10.1 Å². The van der Waals surface area contributed by atoms with Gasteiger partial charge in [0.05, 0.1) is 34.8 Å². The van der Waals surface area contributed by atoms with Crippen LogP contribution in [0.4, 0.5) is 4.39 Å².